The lowest BCUT2D eigenvalue weighted by Crippen LogP contribution is -2.10. The molecule has 0 bridgehead atoms. The molecule has 0 fully saturated rings. The van der Waals surface area contributed by atoms with E-state index in [0.29, 0.717) is 13.2 Å². The summed E-state index contributed by atoms with van der Waals surface area (Å²) < 4.78 is 7.64. The summed E-state index contributed by atoms with van der Waals surface area (Å²) in [4.78, 5) is 0. The topological polar surface area (TPSA) is 53.1 Å². The number of nitrogens with two attached hydrogens (primary N) is 1. The molecular formula is C16H17N3O. The maximum absolute atomic E-state index is 5.65. The maximum Gasteiger partial charge on any atom is 0.130 e. The van der Waals surface area contributed by atoms with Gasteiger partial charge in [-0.05, 0) is 17.7 Å². The Balaban J connectivity index is 1.93. The molecule has 2 N–H and O–H groups in total. The predicted octanol–water partition coefficient (Wildman–Crippen LogP) is 2.42. The highest BCUT2D eigenvalue weighted by molar-refractivity contribution is 5.85. The second-order valence-electron chi connectivity index (χ2n) is 4.61. The van der Waals surface area contributed by atoms with Crippen molar-refractivity contribution >= 4 is 10.9 Å². The molecule has 1 aromatic heterocycles. The van der Waals surface area contributed by atoms with Crippen molar-refractivity contribution in [3.05, 3.63) is 60.3 Å². The number of ether oxygens (including phenoxy) is 1. The average molecular weight is 267 g/mol. The second kappa shape index (κ2) is 5.75. The van der Waals surface area contributed by atoms with Gasteiger partial charge in [0.2, 0.25) is 0 Å². The molecule has 4 heteroatoms. The minimum atomic E-state index is 0.508. The van der Waals surface area contributed by atoms with E-state index in [9.17, 15) is 0 Å². The molecule has 2 aromatic carbocycles. The van der Waals surface area contributed by atoms with Crippen LogP contribution in [0.25, 0.3) is 10.9 Å². The first-order valence-corrected chi connectivity index (χ1v) is 6.70. The second-order valence-corrected chi connectivity index (χ2v) is 4.61. The number of rotatable bonds is 5. The lowest BCUT2D eigenvalue weighted by Gasteiger charge is -2.07. The van der Waals surface area contributed by atoms with Gasteiger partial charge in [-0.25, -0.2) is 0 Å². The van der Waals surface area contributed by atoms with Crippen molar-refractivity contribution < 1.29 is 4.74 Å². The Labute approximate surface area is 117 Å². The minimum absolute atomic E-state index is 0.508. The van der Waals surface area contributed by atoms with E-state index in [-0.39, 0.29) is 0 Å². The zero-order valence-electron chi connectivity index (χ0n) is 11.2. The highest BCUT2D eigenvalue weighted by Crippen LogP contribution is 2.25. The smallest absolute Gasteiger partial charge is 0.130 e. The predicted molar refractivity (Wildman–Crippen MR) is 79.8 cm³/mol. The summed E-state index contributed by atoms with van der Waals surface area (Å²) in [5.41, 5.74) is 7.78. The molecular weight excluding hydrogens is 250 g/mol. The van der Waals surface area contributed by atoms with Gasteiger partial charge in [0.1, 0.15) is 12.4 Å². The minimum Gasteiger partial charge on any atom is -0.492 e. The first-order valence-electron chi connectivity index (χ1n) is 6.70. The molecule has 102 valence electrons. The quantitative estimate of drug-likeness (QED) is 0.772. The number of hydrogen-bond acceptors (Lipinski definition) is 3. The zero-order valence-corrected chi connectivity index (χ0v) is 11.2. The van der Waals surface area contributed by atoms with Crippen LogP contribution in [0.5, 0.6) is 5.75 Å². The van der Waals surface area contributed by atoms with Crippen molar-refractivity contribution in [2.24, 2.45) is 5.73 Å². The molecule has 0 saturated heterocycles. The molecule has 4 nitrogen and oxygen atoms in total. The van der Waals surface area contributed by atoms with E-state index < -0.39 is 0 Å². The lowest BCUT2D eigenvalue weighted by molar-refractivity contribution is 0.332. The van der Waals surface area contributed by atoms with Crippen LogP contribution in [0.15, 0.2) is 54.7 Å². The van der Waals surface area contributed by atoms with Gasteiger partial charge < -0.3 is 10.5 Å². The number of benzene rings is 2. The highest BCUT2D eigenvalue weighted by atomic mass is 16.5. The van der Waals surface area contributed by atoms with Crippen molar-refractivity contribution in [3.63, 3.8) is 0 Å². The summed E-state index contributed by atoms with van der Waals surface area (Å²) in [6.07, 6.45) is 1.85. The van der Waals surface area contributed by atoms with Crippen molar-refractivity contribution in [2.75, 3.05) is 13.2 Å². The number of nitrogens with zero attached hydrogens (tertiary/aromatic N) is 2. The van der Waals surface area contributed by atoms with Gasteiger partial charge in [-0.1, -0.05) is 36.4 Å². The average Bonchev–Trinajstić information content (AvgIpc) is 2.90. The lowest BCUT2D eigenvalue weighted by atomic mass is 10.2. The van der Waals surface area contributed by atoms with Crippen molar-refractivity contribution in [2.45, 2.75) is 6.54 Å². The highest BCUT2D eigenvalue weighted by Gasteiger charge is 2.08. The first-order chi connectivity index (χ1) is 9.88. The van der Waals surface area contributed by atoms with Crippen molar-refractivity contribution in [1.29, 1.82) is 0 Å². The summed E-state index contributed by atoms with van der Waals surface area (Å²) >= 11 is 0. The van der Waals surface area contributed by atoms with Crippen LogP contribution in [-0.2, 0) is 6.54 Å². The Morgan fingerprint density at radius 2 is 1.90 bits per heavy atom. The van der Waals surface area contributed by atoms with E-state index in [2.05, 4.69) is 23.3 Å². The van der Waals surface area contributed by atoms with Crippen LogP contribution >= 0.6 is 0 Å². The molecule has 3 aromatic rings. The van der Waals surface area contributed by atoms with Gasteiger partial charge in [-0.2, -0.15) is 5.10 Å². The van der Waals surface area contributed by atoms with Crippen molar-refractivity contribution in [3.8, 4) is 5.75 Å². The van der Waals surface area contributed by atoms with Crippen LogP contribution in [0.2, 0.25) is 0 Å². The van der Waals surface area contributed by atoms with Gasteiger partial charge in [-0.15, -0.1) is 0 Å². The van der Waals surface area contributed by atoms with Gasteiger partial charge in [0, 0.05) is 6.54 Å². The molecule has 0 radical (unpaired) electrons. The largest absolute Gasteiger partial charge is 0.492 e. The summed E-state index contributed by atoms with van der Waals surface area (Å²) in [6.45, 7) is 1.78. The molecule has 0 atom stereocenters. The summed E-state index contributed by atoms with van der Waals surface area (Å²) in [6, 6.07) is 16.3. The van der Waals surface area contributed by atoms with Crippen LogP contribution in [0.4, 0.5) is 0 Å². The molecule has 1 heterocycles. The Morgan fingerprint density at radius 3 is 2.70 bits per heavy atom. The molecule has 0 unspecified atom stereocenters. The molecule has 0 aliphatic heterocycles. The molecule has 20 heavy (non-hydrogen) atoms. The van der Waals surface area contributed by atoms with Crippen LogP contribution in [-0.4, -0.2) is 22.9 Å². The first kappa shape index (κ1) is 12.7. The van der Waals surface area contributed by atoms with Crippen LogP contribution in [0, 0.1) is 0 Å². The summed E-state index contributed by atoms with van der Waals surface area (Å²) in [5.74, 6) is 0.840. The van der Waals surface area contributed by atoms with Gasteiger partial charge in [0.05, 0.1) is 23.6 Å². The van der Waals surface area contributed by atoms with Crippen molar-refractivity contribution in [1.82, 2.24) is 9.78 Å². The normalized spacial score (nSPS) is 10.8. The maximum atomic E-state index is 5.65. The van der Waals surface area contributed by atoms with Crippen LogP contribution in [0.1, 0.15) is 5.56 Å². The SMILES string of the molecule is NCCOc1cccc2c1cnn2Cc1ccccc1. The van der Waals surface area contributed by atoms with Gasteiger partial charge >= 0.3 is 0 Å². The van der Waals surface area contributed by atoms with E-state index >= 15 is 0 Å². The summed E-state index contributed by atoms with van der Waals surface area (Å²) in [5, 5.41) is 5.49. The van der Waals surface area contributed by atoms with Gasteiger partial charge in [0.25, 0.3) is 0 Å². The van der Waals surface area contributed by atoms with Crippen LogP contribution in [0.3, 0.4) is 0 Å². The Bertz CT molecular complexity index is 691. The third-order valence-electron chi connectivity index (χ3n) is 3.20. The van der Waals surface area contributed by atoms with Gasteiger partial charge in [0.15, 0.2) is 0 Å². The molecule has 0 spiro atoms. The molecule has 0 aliphatic rings. The van der Waals surface area contributed by atoms with E-state index in [1.807, 2.05) is 41.2 Å². The summed E-state index contributed by atoms with van der Waals surface area (Å²) in [7, 11) is 0. The standard InChI is InChI=1S/C16H17N3O/c17-9-10-20-16-8-4-7-15-14(16)11-18-19(15)12-13-5-2-1-3-6-13/h1-8,11H,9-10,12,17H2. The Morgan fingerprint density at radius 1 is 1.05 bits per heavy atom. The molecule has 0 amide bonds. The van der Waals surface area contributed by atoms with Crippen LogP contribution < -0.4 is 10.5 Å². The van der Waals surface area contributed by atoms with E-state index in [1.54, 1.807) is 0 Å². The fraction of sp³-hybridized carbons (Fsp3) is 0.188. The molecule has 0 saturated carbocycles. The van der Waals surface area contributed by atoms with Gasteiger partial charge in [-0.3, -0.25) is 4.68 Å². The fourth-order valence-corrected chi connectivity index (χ4v) is 2.25. The van der Waals surface area contributed by atoms with E-state index in [1.165, 1.54) is 5.56 Å². The fourth-order valence-electron chi connectivity index (χ4n) is 2.25. The van der Waals surface area contributed by atoms with E-state index in [4.69, 9.17) is 10.5 Å². The number of fused-ring (bicyclic) bond motifs is 1. The third-order valence-corrected chi connectivity index (χ3v) is 3.20. The monoisotopic (exact) mass is 267 g/mol. The zero-order chi connectivity index (χ0) is 13.8. The number of aromatic nitrogens is 2. The Kier molecular flexibility index (Phi) is 3.65. The number of hydrogen-bond donors (Lipinski definition) is 1. The third kappa shape index (κ3) is 2.51. The molecule has 0 aliphatic carbocycles. The molecule has 3 rings (SSSR count). The Hall–Kier alpha value is -2.33. The van der Waals surface area contributed by atoms with E-state index in [0.717, 1.165) is 23.2 Å².